The summed E-state index contributed by atoms with van der Waals surface area (Å²) in [6.45, 7) is 0. The molecule has 5 heteroatoms. The molecule has 70 valence electrons. The van der Waals surface area contributed by atoms with Gasteiger partial charge in [0.15, 0.2) is 6.29 Å². The maximum absolute atomic E-state index is 12.2. The van der Waals surface area contributed by atoms with E-state index in [4.69, 9.17) is 0 Å². The predicted molar refractivity (Wildman–Crippen MR) is 47.2 cm³/mol. The molecule has 0 saturated carbocycles. The normalized spacial score (nSPS) is 10.5. The number of carbonyl (C=O) groups is 1. The second kappa shape index (κ2) is 4.41. The van der Waals surface area contributed by atoms with Gasteiger partial charge < -0.3 is 0 Å². The van der Waals surface area contributed by atoms with Gasteiger partial charge in [-0.3, -0.25) is 4.79 Å². The maximum Gasteiger partial charge on any atom is 0.280 e. The minimum Gasteiger partial charge on any atom is -0.296 e. The molecule has 0 radical (unpaired) electrons. The Bertz CT molecular complexity index is 317. The smallest absolute Gasteiger partial charge is 0.280 e. The number of aromatic nitrogens is 1. The minimum atomic E-state index is -2.64. The second-order valence-corrected chi connectivity index (χ2v) is 2.94. The zero-order chi connectivity index (χ0) is 9.84. The Balaban J connectivity index is 3.14. The number of halogens is 3. The van der Waals surface area contributed by atoms with E-state index < -0.39 is 6.43 Å². The summed E-state index contributed by atoms with van der Waals surface area (Å²) in [5.41, 5.74) is 0.290. The quantitative estimate of drug-likeness (QED) is 0.609. The first-order valence-electron chi connectivity index (χ1n) is 3.47. The third-order valence-electron chi connectivity index (χ3n) is 1.42. The highest BCUT2D eigenvalue weighted by Crippen LogP contribution is 2.19. The standard InChI is InChI=1S/C8H6BrF2NO/c9-3-5-1-6(4-13)12-7(2-5)8(10)11/h1-2,4,8H,3H2. The predicted octanol–water partition coefficient (Wildman–Crippen LogP) is 2.73. The van der Waals surface area contributed by atoms with Crippen molar-refractivity contribution in [1.82, 2.24) is 4.98 Å². The molecule has 0 aliphatic carbocycles. The molecular weight excluding hydrogens is 244 g/mol. The van der Waals surface area contributed by atoms with Gasteiger partial charge in [-0.15, -0.1) is 0 Å². The number of pyridine rings is 1. The maximum atomic E-state index is 12.2. The van der Waals surface area contributed by atoms with Gasteiger partial charge in [0, 0.05) is 5.33 Å². The molecule has 0 N–H and O–H groups in total. The Kier molecular flexibility index (Phi) is 3.48. The topological polar surface area (TPSA) is 30.0 Å². The van der Waals surface area contributed by atoms with Crippen LogP contribution in [0, 0.1) is 0 Å². The van der Waals surface area contributed by atoms with Crippen molar-refractivity contribution in [1.29, 1.82) is 0 Å². The highest BCUT2D eigenvalue weighted by molar-refractivity contribution is 9.08. The molecule has 1 rings (SSSR count). The fraction of sp³-hybridized carbons (Fsp3) is 0.250. The molecule has 1 aromatic heterocycles. The van der Waals surface area contributed by atoms with Crippen LogP contribution in [0.15, 0.2) is 12.1 Å². The highest BCUT2D eigenvalue weighted by Gasteiger charge is 2.10. The molecule has 1 heterocycles. The molecule has 1 aromatic rings. The SMILES string of the molecule is O=Cc1cc(CBr)cc(C(F)F)n1. The lowest BCUT2D eigenvalue weighted by Gasteiger charge is -2.02. The van der Waals surface area contributed by atoms with Crippen LogP contribution in [0.25, 0.3) is 0 Å². The highest BCUT2D eigenvalue weighted by atomic mass is 79.9. The zero-order valence-corrected chi connectivity index (χ0v) is 8.09. The Morgan fingerprint density at radius 1 is 1.54 bits per heavy atom. The van der Waals surface area contributed by atoms with Crippen LogP contribution in [0.3, 0.4) is 0 Å². The molecule has 0 saturated heterocycles. The molecule has 0 atom stereocenters. The third-order valence-corrected chi connectivity index (χ3v) is 2.07. The summed E-state index contributed by atoms with van der Waals surface area (Å²) in [7, 11) is 0. The van der Waals surface area contributed by atoms with Gasteiger partial charge in [0.05, 0.1) is 0 Å². The summed E-state index contributed by atoms with van der Waals surface area (Å²) in [6, 6.07) is 2.74. The van der Waals surface area contributed by atoms with Gasteiger partial charge in [-0.2, -0.15) is 0 Å². The van der Waals surface area contributed by atoms with Crippen LogP contribution >= 0.6 is 15.9 Å². The Morgan fingerprint density at radius 2 is 2.23 bits per heavy atom. The van der Waals surface area contributed by atoms with E-state index in [9.17, 15) is 13.6 Å². The van der Waals surface area contributed by atoms with Crippen LogP contribution in [-0.4, -0.2) is 11.3 Å². The van der Waals surface area contributed by atoms with Crippen molar-refractivity contribution in [2.75, 3.05) is 0 Å². The average molecular weight is 250 g/mol. The molecule has 13 heavy (non-hydrogen) atoms. The third kappa shape index (κ3) is 2.55. The first kappa shape index (κ1) is 10.2. The van der Waals surface area contributed by atoms with Gasteiger partial charge in [-0.25, -0.2) is 13.8 Å². The van der Waals surface area contributed by atoms with Crippen LogP contribution in [0.5, 0.6) is 0 Å². The lowest BCUT2D eigenvalue weighted by Crippen LogP contribution is -1.97. The number of carbonyl (C=O) groups excluding carboxylic acids is 1. The van der Waals surface area contributed by atoms with Crippen molar-refractivity contribution in [2.24, 2.45) is 0 Å². The van der Waals surface area contributed by atoms with Crippen LogP contribution in [0.4, 0.5) is 8.78 Å². The Hall–Kier alpha value is -0.840. The van der Waals surface area contributed by atoms with Crippen molar-refractivity contribution in [3.05, 3.63) is 29.1 Å². The van der Waals surface area contributed by atoms with Gasteiger partial charge in [-0.1, -0.05) is 15.9 Å². The molecule has 2 nitrogen and oxygen atoms in total. The summed E-state index contributed by atoms with van der Waals surface area (Å²) in [5, 5.41) is 0.427. The zero-order valence-electron chi connectivity index (χ0n) is 6.51. The fourth-order valence-electron chi connectivity index (χ4n) is 0.885. The summed E-state index contributed by atoms with van der Waals surface area (Å²) >= 11 is 3.12. The average Bonchev–Trinajstić information content (AvgIpc) is 2.16. The molecule has 0 aliphatic rings. The first-order chi connectivity index (χ1) is 6.17. The lowest BCUT2D eigenvalue weighted by molar-refractivity contribution is 0.111. The van der Waals surface area contributed by atoms with Crippen LogP contribution in [0.2, 0.25) is 0 Å². The van der Waals surface area contributed by atoms with Gasteiger partial charge in [0.25, 0.3) is 6.43 Å². The molecule has 0 unspecified atom stereocenters. The van der Waals surface area contributed by atoms with E-state index >= 15 is 0 Å². The van der Waals surface area contributed by atoms with Crippen molar-refractivity contribution in [3.63, 3.8) is 0 Å². The van der Waals surface area contributed by atoms with Gasteiger partial charge in [0.2, 0.25) is 0 Å². The number of hydrogen-bond donors (Lipinski definition) is 0. The van der Waals surface area contributed by atoms with Crippen LogP contribution in [-0.2, 0) is 5.33 Å². The molecule has 0 aromatic carbocycles. The van der Waals surface area contributed by atoms with Gasteiger partial charge in [-0.05, 0) is 17.7 Å². The van der Waals surface area contributed by atoms with Crippen molar-refractivity contribution < 1.29 is 13.6 Å². The number of aldehydes is 1. The number of rotatable bonds is 3. The van der Waals surface area contributed by atoms with E-state index in [1.165, 1.54) is 12.1 Å². The van der Waals surface area contributed by atoms with Crippen molar-refractivity contribution >= 4 is 22.2 Å². The second-order valence-electron chi connectivity index (χ2n) is 2.38. The number of hydrogen-bond acceptors (Lipinski definition) is 2. The monoisotopic (exact) mass is 249 g/mol. The Morgan fingerprint density at radius 3 is 2.69 bits per heavy atom. The van der Waals surface area contributed by atoms with Crippen molar-refractivity contribution in [3.8, 4) is 0 Å². The number of alkyl halides is 3. The molecule has 0 amide bonds. The fourth-order valence-corrected chi connectivity index (χ4v) is 1.21. The summed E-state index contributed by atoms with van der Waals surface area (Å²) in [4.78, 5) is 13.8. The van der Waals surface area contributed by atoms with E-state index in [1.807, 2.05) is 0 Å². The summed E-state index contributed by atoms with van der Waals surface area (Å²) in [6.07, 6.45) is -2.18. The summed E-state index contributed by atoms with van der Waals surface area (Å²) < 4.78 is 24.4. The van der Waals surface area contributed by atoms with E-state index in [0.717, 1.165) is 0 Å². The summed E-state index contributed by atoms with van der Waals surface area (Å²) in [5.74, 6) is 0. The van der Waals surface area contributed by atoms with E-state index in [-0.39, 0.29) is 11.4 Å². The van der Waals surface area contributed by atoms with Gasteiger partial charge >= 0.3 is 0 Å². The molecule has 0 spiro atoms. The lowest BCUT2D eigenvalue weighted by atomic mass is 10.2. The van der Waals surface area contributed by atoms with Crippen molar-refractivity contribution in [2.45, 2.75) is 11.8 Å². The van der Waals surface area contributed by atoms with Crippen LogP contribution < -0.4 is 0 Å². The van der Waals surface area contributed by atoms with E-state index in [0.29, 0.717) is 17.2 Å². The number of nitrogens with zero attached hydrogens (tertiary/aromatic N) is 1. The van der Waals surface area contributed by atoms with Crippen LogP contribution in [0.1, 0.15) is 28.2 Å². The molecular formula is C8H6BrF2NO. The Labute approximate surface area is 82.1 Å². The van der Waals surface area contributed by atoms with E-state index in [1.54, 1.807) is 0 Å². The molecule has 0 bridgehead atoms. The molecule has 0 aliphatic heterocycles. The van der Waals surface area contributed by atoms with E-state index in [2.05, 4.69) is 20.9 Å². The van der Waals surface area contributed by atoms with Gasteiger partial charge in [0.1, 0.15) is 11.4 Å². The largest absolute Gasteiger partial charge is 0.296 e. The minimum absolute atomic E-state index is 0.0345. The molecule has 0 fully saturated rings. The first-order valence-corrected chi connectivity index (χ1v) is 4.59.